The minimum absolute atomic E-state index is 0.182. The number of carbonyl (C=O) groups excluding carboxylic acids is 1. The lowest BCUT2D eigenvalue weighted by Crippen LogP contribution is -2.02. The van der Waals surface area contributed by atoms with Gasteiger partial charge in [0.1, 0.15) is 0 Å². The number of ether oxygens (including phenoxy) is 1. The number of fused-ring (bicyclic) bond motifs is 1. The summed E-state index contributed by atoms with van der Waals surface area (Å²) in [7, 11) is 0. The highest BCUT2D eigenvalue weighted by Crippen LogP contribution is 2.37. The Labute approximate surface area is 80.6 Å². The molecule has 1 aliphatic heterocycles. The molecular weight excluding hydrogens is 184 g/mol. The van der Waals surface area contributed by atoms with Gasteiger partial charge in [-0.1, -0.05) is 36.0 Å². The Bertz CT molecular complexity index is 347. The van der Waals surface area contributed by atoms with Crippen LogP contribution in [0, 0.1) is 0 Å². The molecule has 0 saturated heterocycles. The van der Waals surface area contributed by atoms with Crippen molar-refractivity contribution >= 4 is 24.3 Å². The van der Waals surface area contributed by atoms with Crippen LogP contribution in [0.1, 0.15) is 16.6 Å². The van der Waals surface area contributed by atoms with Crippen LogP contribution in [0.2, 0.25) is 0 Å². The van der Waals surface area contributed by atoms with Crippen LogP contribution in [0.5, 0.6) is 0 Å². The summed E-state index contributed by atoms with van der Waals surface area (Å²) < 4.78 is 4.94. The monoisotopic (exact) mass is 192 g/mol. The van der Waals surface area contributed by atoms with Gasteiger partial charge < -0.3 is 4.74 Å². The van der Waals surface area contributed by atoms with Gasteiger partial charge in [0, 0.05) is 5.56 Å². The molecule has 0 fully saturated rings. The first-order chi connectivity index (χ1) is 6.42. The third kappa shape index (κ3) is 1.60. The van der Waals surface area contributed by atoms with Crippen molar-refractivity contribution in [2.24, 2.45) is 0 Å². The van der Waals surface area contributed by atoms with Crippen molar-refractivity contribution in [3.8, 4) is 0 Å². The van der Waals surface area contributed by atoms with Crippen molar-refractivity contribution in [1.82, 2.24) is 0 Å². The molecule has 0 radical (unpaired) electrons. The minimum atomic E-state index is -0.182. The van der Waals surface area contributed by atoms with Crippen LogP contribution >= 0.6 is 11.8 Å². The molecule has 0 amide bonds. The SMILES string of the molecule is O=COC1SC=Cc2ccccc21. The van der Waals surface area contributed by atoms with E-state index in [2.05, 4.69) is 0 Å². The van der Waals surface area contributed by atoms with E-state index in [1.165, 1.54) is 11.8 Å². The molecule has 0 bridgehead atoms. The van der Waals surface area contributed by atoms with Gasteiger partial charge in [-0.2, -0.15) is 0 Å². The molecule has 1 heterocycles. The van der Waals surface area contributed by atoms with Crippen LogP contribution in [-0.4, -0.2) is 6.47 Å². The van der Waals surface area contributed by atoms with E-state index in [9.17, 15) is 4.79 Å². The van der Waals surface area contributed by atoms with Gasteiger partial charge in [0.25, 0.3) is 6.47 Å². The highest BCUT2D eigenvalue weighted by atomic mass is 32.2. The zero-order valence-corrected chi connectivity index (χ0v) is 7.66. The van der Waals surface area contributed by atoms with Crippen molar-refractivity contribution < 1.29 is 9.53 Å². The summed E-state index contributed by atoms with van der Waals surface area (Å²) in [6, 6.07) is 7.89. The average molecular weight is 192 g/mol. The van der Waals surface area contributed by atoms with E-state index in [-0.39, 0.29) is 5.44 Å². The van der Waals surface area contributed by atoms with Gasteiger partial charge in [-0.05, 0) is 17.0 Å². The highest BCUT2D eigenvalue weighted by Gasteiger charge is 2.17. The van der Waals surface area contributed by atoms with E-state index < -0.39 is 0 Å². The molecule has 1 atom stereocenters. The van der Waals surface area contributed by atoms with E-state index in [1.807, 2.05) is 35.7 Å². The van der Waals surface area contributed by atoms with E-state index in [0.717, 1.165) is 11.1 Å². The van der Waals surface area contributed by atoms with Crippen molar-refractivity contribution in [3.63, 3.8) is 0 Å². The zero-order chi connectivity index (χ0) is 9.10. The summed E-state index contributed by atoms with van der Waals surface area (Å²) in [6.07, 6.45) is 2.02. The molecule has 2 nitrogen and oxygen atoms in total. The fraction of sp³-hybridized carbons (Fsp3) is 0.100. The lowest BCUT2D eigenvalue weighted by Gasteiger charge is -2.18. The maximum Gasteiger partial charge on any atom is 0.294 e. The van der Waals surface area contributed by atoms with Crippen LogP contribution in [0.15, 0.2) is 29.7 Å². The second kappa shape index (κ2) is 3.66. The summed E-state index contributed by atoms with van der Waals surface area (Å²) in [6.45, 7) is 0.494. The Hall–Kier alpha value is -1.22. The highest BCUT2D eigenvalue weighted by molar-refractivity contribution is 8.02. The normalized spacial score (nSPS) is 19.2. The van der Waals surface area contributed by atoms with Crippen molar-refractivity contribution in [2.75, 3.05) is 0 Å². The lowest BCUT2D eigenvalue weighted by atomic mass is 10.1. The van der Waals surface area contributed by atoms with Gasteiger partial charge in [-0.3, -0.25) is 4.79 Å². The lowest BCUT2D eigenvalue weighted by molar-refractivity contribution is -0.130. The fourth-order valence-electron chi connectivity index (χ4n) is 1.29. The molecule has 66 valence electrons. The molecule has 0 aliphatic carbocycles. The van der Waals surface area contributed by atoms with E-state index in [0.29, 0.717) is 6.47 Å². The number of benzene rings is 1. The molecule has 0 spiro atoms. The molecule has 0 N–H and O–H groups in total. The number of carbonyl (C=O) groups is 1. The Morgan fingerprint density at radius 1 is 1.38 bits per heavy atom. The maximum atomic E-state index is 10.2. The molecule has 0 aromatic heterocycles. The van der Waals surface area contributed by atoms with Gasteiger partial charge in [0.05, 0.1) is 0 Å². The first-order valence-corrected chi connectivity index (χ1v) is 4.86. The van der Waals surface area contributed by atoms with Crippen molar-refractivity contribution in [3.05, 3.63) is 40.8 Å². The summed E-state index contributed by atoms with van der Waals surface area (Å²) in [5.41, 5.74) is 1.99. The maximum absolute atomic E-state index is 10.2. The van der Waals surface area contributed by atoms with Crippen LogP contribution in [0.3, 0.4) is 0 Å². The smallest absolute Gasteiger partial charge is 0.294 e. The third-order valence-corrected chi connectivity index (χ3v) is 2.78. The summed E-state index contributed by atoms with van der Waals surface area (Å²) in [5, 5.41) is 1.94. The molecule has 2 rings (SSSR count). The van der Waals surface area contributed by atoms with Crippen molar-refractivity contribution in [1.29, 1.82) is 0 Å². The zero-order valence-electron chi connectivity index (χ0n) is 6.84. The second-order valence-electron chi connectivity index (χ2n) is 2.63. The van der Waals surface area contributed by atoms with Gasteiger partial charge in [0.2, 0.25) is 0 Å². The average Bonchev–Trinajstić information content (AvgIpc) is 2.19. The van der Waals surface area contributed by atoms with E-state index in [4.69, 9.17) is 4.74 Å². The molecule has 1 aromatic carbocycles. The quantitative estimate of drug-likeness (QED) is 0.674. The van der Waals surface area contributed by atoms with Gasteiger partial charge in [0.15, 0.2) is 5.44 Å². The number of hydrogen-bond acceptors (Lipinski definition) is 3. The molecule has 1 aliphatic rings. The number of thioether (sulfide) groups is 1. The van der Waals surface area contributed by atoms with Crippen LogP contribution in [0.25, 0.3) is 6.08 Å². The van der Waals surface area contributed by atoms with E-state index >= 15 is 0 Å². The Morgan fingerprint density at radius 3 is 3.08 bits per heavy atom. The van der Waals surface area contributed by atoms with Crippen LogP contribution in [-0.2, 0) is 9.53 Å². The predicted molar refractivity (Wildman–Crippen MR) is 53.0 cm³/mol. The summed E-state index contributed by atoms with van der Waals surface area (Å²) >= 11 is 1.50. The molecule has 1 unspecified atom stereocenters. The Morgan fingerprint density at radius 2 is 2.23 bits per heavy atom. The summed E-state index contributed by atoms with van der Waals surface area (Å²) in [4.78, 5) is 10.2. The predicted octanol–water partition coefficient (Wildman–Crippen LogP) is 2.58. The topological polar surface area (TPSA) is 26.3 Å². The second-order valence-corrected chi connectivity index (χ2v) is 3.60. The summed E-state index contributed by atoms with van der Waals surface area (Å²) in [5.74, 6) is 0. The molecule has 13 heavy (non-hydrogen) atoms. The van der Waals surface area contributed by atoms with Gasteiger partial charge in [-0.15, -0.1) is 0 Å². The standard InChI is InChI=1S/C10H8O2S/c11-7-12-10-9-4-2-1-3-8(9)5-6-13-10/h1-7,10H. The minimum Gasteiger partial charge on any atom is -0.448 e. The Balaban J connectivity index is 2.37. The molecule has 1 aromatic rings. The molecule has 0 saturated carbocycles. The first kappa shape index (κ1) is 8.38. The fourth-order valence-corrected chi connectivity index (χ4v) is 2.13. The van der Waals surface area contributed by atoms with Crippen molar-refractivity contribution in [2.45, 2.75) is 5.44 Å². The third-order valence-electron chi connectivity index (χ3n) is 1.88. The largest absolute Gasteiger partial charge is 0.448 e. The van der Waals surface area contributed by atoms with Crippen LogP contribution in [0.4, 0.5) is 0 Å². The van der Waals surface area contributed by atoms with Gasteiger partial charge in [-0.25, -0.2) is 0 Å². The molecular formula is C10H8O2S. The van der Waals surface area contributed by atoms with Gasteiger partial charge >= 0.3 is 0 Å². The van der Waals surface area contributed by atoms with Crippen LogP contribution < -0.4 is 0 Å². The molecule has 3 heteroatoms. The Kier molecular flexibility index (Phi) is 2.36. The number of rotatable bonds is 2. The van der Waals surface area contributed by atoms with E-state index in [1.54, 1.807) is 0 Å². The first-order valence-electron chi connectivity index (χ1n) is 3.92. The number of hydrogen-bond donors (Lipinski definition) is 0.